The highest BCUT2D eigenvalue weighted by atomic mass is 32.2. The summed E-state index contributed by atoms with van der Waals surface area (Å²) >= 11 is 1.71. The number of benzene rings is 1. The van der Waals surface area contributed by atoms with Crippen molar-refractivity contribution in [1.82, 2.24) is 0 Å². The number of hydrogen-bond acceptors (Lipinski definition) is 3. The molecule has 74 valence electrons. The van der Waals surface area contributed by atoms with Gasteiger partial charge in [0.05, 0.1) is 0 Å². The van der Waals surface area contributed by atoms with Crippen molar-refractivity contribution in [3.8, 4) is 0 Å². The fraction of sp³-hybridized carbons (Fsp3) is 0.364. The van der Waals surface area contributed by atoms with Gasteiger partial charge in [0.25, 0.3) is 0 Å². The molecule has 14 heavy (non-hydrogen) atoms. The van der Waals surface area contributed by atoms with Crippen molar-refractivity contribution < 1.29 is 4.84 Å². The SMILES string of the molecule is CC1=NOC(CCc2ccccc2)S1. The molecule has 1 aromatic rings. The summed E-state index contributed by atoms with van der Waals surface area (Å²) in [6.45, 7) is 1.98. The molecule has 0 radical (unpaired) electrons. The van der Waals surface area contributed by atoms with Crippen LogP contribution < -0.4 is 0 Å². The molecule has 0 fully saturated rings. The molecule has 0 saturated carbocycles. The second kappa shape index (κ2) is 4.51. The molecule has 2 nitrogen and oxygen atoms in total. The molecule has 2 rings (SSSR count). The summed E-state index contributed by atoms with van der Waals surface area (Å²) in [5.41, 5.74) is 1.58. The van der Waals surface area contributed by atoms with Crippen molar-refractivity contribution in [2.45, 2.75) is 25.2 Å². The molecule has 0 aromatic heterocycles. The Balaban J connectivity index is 1.79. The summed E-state index contributed by atoms with van der Waals surface area (Å²) < 4.78 is 0. The maximum Gasteiger partial charge on any atom is 0.178 e. The molecule has 1 unspecified atom stereocenters. The van der Waals surface area contributed by atoms with E-state index in [0.717, 1.165) is 17.9 Å². The number of hydrogen-bond donors (Lipinski definition) is 0. The third-order valence-corrected chi connectivity index (χ3v) is 3.11. The van der Waals surface area contributed by atoms with Gasteiger partial charge in [-0.25, -0.2) is 0 Å². The average Bonchev–Trinajstić information content (AvgIpc) is 2.63. The Labute approximate surface area is 88.3 Å². The maximum atomic E-state index is 5.24. The topological polar surface area (TPSA) is 21.6 Å². The Morgan fingerprint density at radius 3 is 2.79 bits per heavy atom. The van der Waals surface area contributed by atoms with Crippen LogP contribution in [0.3, 0.4) is 0 Å². The summed E-state index contributed by atoms with van der Waals surface area (Å²) in [7, 11) is 0. The lowest BCUT2D eigenvalue weighted by molar-refractivity contribution is 0.124. The highest BCUT2D eigenvalue weighted by Crippen LogP contribution is 2.25. The van der Waals surface area contributed by atoms with Crippen LogP contribution in [0.2, 0.25) is 0 Å². The van der Waals surface area contributed by atoms with Crippen LogP contribution in [0.5, 0.6) is 0 Å². The van der Waals surface area contributed by atoms with Gasteiger partial charge in [0.2, 0.25) is 0 Å². The standard InChI is InChI=1S/C11H13NOS/c1-9-12-13-11(14-9)8-7-10-5-3-2-4-6-10/h2-6,11H,7-8H2,1H3. The molecule has 0 saturated heterocycles. The van der Waals surface area contributed by atoms with Gasteiger partial charge in [-0.15, -0.1) is 0 Å². The summed E-state index contributed by atoms with van der Waals surface area (Å²) in [5.74, 6) is 0. The van der Waals surface area contributed by atoms with Crippen LogP contribution in [-0.4, -0.2) is 10.5 Å². The Morgan fingerprint density at radius 1 is 1.36 bits per heavy atom. The zero-order valence-corrected chi connectivity index (χ0v) is 8.96. The Hall–Kier alpha value is -0.960. The van der Waals surface area contributed by atoms with Crippen LogP contribution in [0.15, 0.2) is 35.5 Å². The van der Waals surface area contributed by atoms with E-state index in [0.29, 0.717) is 0 Å². The Morgan fingerprint density at radius 2 is 2.14 bits per heavy atom. The first-order valence-corrected chi connectivity index (χ1v) is 5.63. The van der Waals surface area contributed by atoms with E-state index < -0.39 is 0 Å². The van der Waals surface area contributed by atoms with Crippen LogP contribution in [0.25, 0.3) is 0 Å². The van der Waals surface area contributed by atoms with E-state index in [2.05, 4.69) is 29.4 Å². The minimum atomic E-state index is 0.218. The molecule has 0 spiro atoms. The third kappa shape index (κ3) is 2.51. The van der Waals surface area contributed by atoms with E-state index in [9.17, 15) is 0 Å². The van der Waals surface area contributed by atoms with Gasteiger partial charge < -0.3 is 4.84 Å². The lowest BCUT2D eigenvalue weighted by atomic mass is 10.1. The maximum absolute atomic E-state index is 5.24. The fourth-order valence-electron chi connectivity index (χ4n) is 1.41. The lowest BCUT2D eigenvalue weighted by Gasteiger charge is -2.06. The molecule has 0 N–H and O–H groups in total. The van der Waals surface area contributed by atoms with Crippen molar-refractivity contribution >= 4 is 16.8 Å². The van der Waals surface area contributed by atoms with Crippen molar-refractivity contribution in [1.29, 1.82) is 0 Å². The van der Waals surface area contributed by atoms with Gasteiger partial charge in [-0.3, -0.25) is 0 Å². The van der Waals surface area contributed by atoms with E-state index in [1.54, 1.807) is 11.8 Å². The van der Waals surface area contributed by atoms with E-state index in [4.69, 9.17) is 4.84 Å². The quantitative estimate of drug-likeness (QED) is 0.759. The monoisotopic (exact) mass is 207 g/mol. The zero-order chi connectivity index (χ0) is 9.80. The highest BCUT2D eigenvalue weighted by molar-refractivity contribution is 8.14. The molecule has 0 amide bonds. The van der Waals surface area contributed by atoms with Crippen LogP contribution in [0.1, 0.15) is 18.9 Å². The zero-order valence-electron chi connectivity index (χ0n) is 8.14. The summed E-state index contributed by atoms with van der Waals surface area (Å²) in [4.78, 5) is 5.24. The third-order valence-electron chi connectivity index (χ3n) is 2.11. The first-order valence-electron chi connectivity index (χ1n) is 4.75. The van der Waals surface area contributed by atoms with Gasteiger partial charge in [0.1, 0.15) is 5.04 Å². The fourth-order valence-corrected chi connectivity index (χ4v) is 2.20. The van der Waals surface area contributed by atoms with Gasteiger partial charge in [-0.05, 0) is 18.9 Å². The summed E-state index contributed by atoms with van der Waals surface area (Å²) in [6, 6.07) is 10.5. The molecule has 1 atom stereocenters. The first-order chi connectivity index (χ1) is 6.84. The predicted octanol–water partition coefficient (Wildman–Crippen LogP) is 3.04. The van der Waals surface area contributed by atoms with Crippen molar-refractivity contribution in [2.24, 2.45) is 5.16 Å². The second-order valence-electron chi connectivity index (χ2n) is 3.29. The molecule has 1 aliphatic rings. The van der Waals surface area contributed by atoms with Crippen LogP contribution in [0, 0.1) is 0 Å². The van der Waals surface area contributed by atoms with Crippen LogP contribution in [0.4, 0.5) is 0 Å². The van der Waals surface area contributed by atoms with Gasteiger partial charge in [-0.2, -0.15) is 0 Å². The van der Waals surface area contributed by atoms with E-state index in [1.807, 2.05) is 13.0 Å². The van der Waals surface area contributed by atoms with E-state index >= 15 is 0 Å². The Bertz CT molecular complexity index is 323. The highest BCUT2D eigenvalue weighted by Gasteiger charge is 2.18. The first kappa shape index (κ1) is 9.59. The van der Waals surface area contributed by atoms with Crippen molar-refractivity contribution in [3.63, 3.8) is 0 Å². The lowest BCUT2D eigenvalue weighted by Crippen LogP contribution is -2.02. The number of oxime groups is 1. The van der Waals surface area contributed by atoms with Crippen molar-refractivity contribution in [2.75, 3.05) is 0 Å². The molecule has 1 aliphatic heterocycles. The molecule has 0 bridgehead atoms. The van der Waals surface area contributed by atoms with Crippen molar-refractivity contribution in [3.05, 3.63) is 35.9 Å². The minimum absolute atomic E-state index is 0.218. The number of nitrogens with zero attached hydrogens (tertiary/aromatic N) is 1. The van der Waals surface area contributed by atoms with Gasteiger partial charge in [0.15, 0.2) is 5.44 Å². The largest absolute Gasteiger partial charge is 0.380 e. The Kier molecular flexibility index (Phi) is 3.09. The van der Waals surface area contributed by atoms with Gasteiger partial charge >= 0.3 is 0 Å². The number of thioether (sulfide) groups is 1. The normalized spacial score (nSPS) is 20.4. The smallest absolute Gasteiger partial charge is 0.178 e. The summed E-state index contributed by atoms with van der Waals surface area (Å²) in [5, 5.41) is 4.94. The van der Waals surface area contributed by atoms with Crippen LogP contribution in [-0.2, 0) is 11.3 Å². The number of rotatable bonds is 3. The van der Waals surface area contributed by atoms with Gasteiger partial charge in [0, 0.05) is 6.42 Å². The van der Waals surface area contributed by atoms with Crippen LogP contribution >= 0.6 is 11.8 Å². The van der Waals surface area contributed by atoms with E-state index in [1.165, 1.54) is 5.56 Å². The molecule has 3 heteroatoms. The molecular weight excluding hydrogens is 194 g/mol. The molecule has 1 heterocycles. The summed E-state index contributed by atoms with van der Waals surface area (Å²) in [6.07, 6.45) is 2.08. The minimum Gasteiger partial charge on any atom is -0.380 e. The molecular formula is C11H13NOS. The molecule has 1 aromatic carbocycles. The number of aryl methyl sites for hydroxylation is 1. The molecule has 0 aliphatic carbocycles. The van der Waals surface area contributed by atoms with Gasteiger partial charge in [-0.1, -0.05) is 47.2 Å². The second-order valence-corrected chi connectivity index (χ2v) is 4.64. The van der Waals surface area contributed by atoms with E-state index in [-0.39, 0.29) is 5.44 Å². The predicted molar refractivity (Wildman–Crippen MR) is 60.3 cm³/mol. The average molecular weight is 207 g/mol.